The molecule has 0 saturated heterocycles. The van der Waals surface area contributed by atoms with Gasteiger partial charge in [0.25, 0.3) is 0 Å². The van der Waals surface area contributed by atoms with E-state index < -0.39 is 6.09 Å². The van der Waals surface area contributed by atoms with E-state index >= 15 is 0 Å². The van der Waals surface area contributed by atoms with Gasteiger partial charge in [-0.05, 0) is 6.42 Å². The molecule has 2 heterocycles. The molecule has 0 bridgehead atoms. The molecule has 0 aliphatic carbocycles. The number of aliphatic hydroxyl groups is 1. The molecular formula is C9H13N3O3. The summed E-state index contributed by atoms with van der Waals surface area (Å²) < 4.78 is 1.82. The quantitative estimate of drug-likeness (QED) is 0.737. The minimum atomic E-state index is -0.975. The standard InChI is InChI=1S/C9H13N3O3/c13-5-2-7-6-11-3-1-4-12(9(14)15)8(11)10-7/h6,13H,1-5H2,(H,14,15). The van der Waals surface area contributed by atoms with Crippen molar-refractivity contribution < 1.29 is 15.0 Å². The maximum Gasteiger partial charge on any atom is 0.414 e. The monoisotopic (exact) mass is 211 g/mol. The topological polar surface area (TPSA) is 78.6 Å². The number of rotatable bonds is 2. The molecule has 82 valence electrons. The number of amides is 1. The Kier molecular flexibility index (Phi) is 2.59. The number of carbonyl (C=O) groups is 1. The second kappa shape index (κ2) is 3.90. The average molecular weight is 211 g/mol. The fourth-order valence-corrected chi connectivity index (χ4v) is 1.75. The third-order valence-corrected chi connectivity index (χ3v) is 2.43. The van der Waals surface area contributed by atoms with Crippen LogP contribution in [-0.2, 0) is 13.0 Å². The number of imidazole rings is 1. The highest BCUT2D eigenvalue weighted by Crippen LogP contribution is 2.20. The van der Waals surface area contributed by atoms with Crippen LogP contribution in [0.4, 0.5) is 10.7 Å². The number of nitrogens with zero attached hydrogens (tertiary/aromatic N) is 3. The van der Waals surface area contributed by atoms with Crippen molar-refractivity contribution in [1.82, 2.24) is 9.55 Å². The van der Waals surface area contributed by atoms with Gasteiger partial charge in [0.05, 0.1) is 5.69 Å². The molecule has 2 N–H and O–H groups in total. The Morgan fingerprint density at radius 1 is 1.53 bits per heavy atom. The van der Waals surface area contributed by atoms with Crippen molar-refractivity contribution in [1.29, 1.82) is 0 Å². The minimum Gasteiger partial charge on any atom is -0.465 e. The van der Waals surface area contributed by atoms with Crippen LogP contribution in [0.2, 0.25) is 0 Å². The van der Waals surface area contributed by atoms with Crippen LogP contribution in [-0.4, -0.2) is 39.0 Å². The van der Waals surface area contributed by atoms with Gasteiger partial charge in [0.15, 0.2) is 0 Å². The van der Waals surface area contributed by atoms with Gasteiger partial charge in [0, 0.05) is 32.3 Å². The lowest BCUT2D eigenvalue weighted by Crippen LogP contribution is -2.36. The average Bonchev–Trinajstić information content (AvgIpc) is 2.59. The second-order valence-electron chi connectivity index (χ2n) is 3.49. The van der Waals surface area contributed by atoms with Gasteiger partial charge in [0.1, 0.15) is 0 Å². The highest BCUT2D eigenvalue weighted by atomic mass is 16.4. The molecule has 1 aliphatic heterocycles. The molecule has 0 spiro atoms. The Morgan fingerprint density at radius 2 is 2.33 bits per heavy atom. The molecule has 0 saturated carbocycles. The van der Waals surface area contributed by atoms with Crippen LogP contribution in [0.3, 0.4) is 0 Å². The summed E-state index contributed by atoms with van der Waals surface area (Å²) in [6.45, 7) is 1.31. The van der Waals surface area contributed by atoms with Crippen molar-refractivity contribution in [2.24, 2.45) is 0 Å². The van der Waals surface area contributed by atoms with Gasteiger partial charge in [-0.15, -0.1) is 0 Å². The van der Waals surface area contributed by atoms with Crippen LogP contribution in [0.25, 0.3) is 0 Å². The normalized spacial score (nSPS) is 15.1. The van der Waals surface area contributed by atoms with Crippen LogP contribution in [0, 0.1) is 0 Å². The Hall–Kier alpha value is -1.56. The highest BCUT2D eigenvalue weighted by Gasteiger charge is 2.24. The van der Waals surface area contributed by atoms with E-state index in [2.05, 4.69) is 4.98 Å². The first-order valence-corrected chi connectivity index (χ1v) is 4.89. The first kappa shape index (κ1) is 9.97. The number of hydrogen-bond acceptors (Lipinski definition) is 3. The van der Waals surface area contributed by atoms with Gasteiger partial charge >= 0.3 is 6.09 Å². The number of fused-ring (bicyclic) bond motifs is 1. The first-order valence-electron chi connectivity index (χ1n) is 4.89. The van der Waals surface area contributed by atoms with Crippen LogP contribution in [0.5, 0.6) is 0 Å². The molecule has 0 aromatic carbocycles. The summed E-state index contributed by atoms with van der Waals surface area (Å²) in [5.41, 5.74) is 0.737. The van der Waals surface area contributed by atoms with E-state index in [0.29, 0.717) is 18.9 Å². The number of anilines is 1. The summed E-state index contributed by atoms with van der Waals surface area (Å²) in [5, 5.41) is 17.7. The maximum atomic E-state index is 10.9. The number of hydrogen-bond donors (Lipinski definition) is 2. The molecule has 0 atom stereocenters. The molecular weight excluding hydrogens is 198 g/mol. The zero-order chi connectivity index (χ0) is 10.8. The number of aliphatic hydroxyl groups excluding tert-OH is 1. The van der Waals surface area contributed by atoms with Crippen molar-refractivity contribution in [3.8, 4) is 0 Å². The fraction of sp³-hybridized carbons (Fsp3) is 0.556. The van der Waals surface area contributed by atoms with Crippen LogP contribution in [0.15, 0.2) is 6.20 Å². The van der Waals surface area contributed by atoms with E-state index in [1.807, 2.05) is 4.57 Å². The van der Waals surface area contributed by atoms with Gasteiger partial charge in [-0.2, -0.15) is 0 Å². The van der Waals surface area contributed by atoms with E-state index in [-0.39, 0.29) is 6.61 Å². The van der Waals surface area contributed by atoms with E-state index in [0.717, 1.165) is 18.7 Å². The summed E-state index contributed by atoms with van der Waals surface area (Å²) in [7, 11) is 0. The lowest BCUT2D eigenvalue weighted by molar-refractivity contribution is 0.200. The van der Waals surface area contributed by atoms with Crippen molar-refractivity contribution in [3.05, 3.63) is 11.9 Å². The number of aryl methyl sites for hydroxylation is 1. The highest BCUT2D eigenvalue weighted by molar-refractivity contribution is 5.84. The van der Waals surface area contributed by atoms with Crippen molar-refractivity contribution >= 4 is 12.0 Å². The van der Waals surface area contributed by atoms with Gasteiger partial charge < -0.3 is 14.8 Å². The third-order valence-electron chi connectivity index (χ3n) is 2.43. The van der Waals surface area contributed by atoms with E-state index in [1.54, 1.807) is 6.20 Å². The van der Waals surface area contributed by atoms with Gasteiger partial charge in [-0.25, -0.2) is 14.7 Å². The lowest BCUT2D eigenvalue weighted by Gasteiger charge is -2.24. The molecule has 6 nitrogen and oxygen atoms in total. The molecule has 0 radical (unpaired) electrons. The molecule has 2 rings (SSSR count). The molecule has 1 aliphatic rings. The Labute approximate surface area is 86.8 Å². The Morgan fingerprint density at radius 3 is 3.00 bits per heavy atom. The predicted octanol–water partition coefficient (Wildman–Crippen LogP) is 0.306. The van der Waals surface area contributed by atoms with Gasteiger partial charge in [-0.3, -0.25) is 0 Å². The maximum absolute atomic E-state index is 10.9. The number of carboxylic acid groups (broad SMARTS) is 1. The molecule has 0 unspecified atom stereocenters. The van der Waals surface area contributed by atoms with Gasteiger partial charge in [0.2, 0.25) is 5.95 Å². The molecule has 6 heteroatoms. The summed E-state index contributed by atoms with van der Waals surface area (Å²) in [6.07, 6.45) is 2.10. The lowest BCUT2D eigenvalue weighted by atomic mass is 10.3. The van der Waals surface area contributed by atoms with Crippen molar-refractivity contribution in [2.45, 2.75) is 19.4 Å². The smallest absolute Gasteiger partial charge is 0.414 e. The van der Waals surface area contributed by atoms with Crippen molar-refractivity contribution in [2.75, 3.05) is 18.1 Å². The van der Waals surface area contributed by atoms with E-state index in [9.17, 15) is 4.79 Å². The Balaban J connectivity index is 2.30. The summed E-state index contributed by atoms with van der Waals surface area (Å²) in [6, 6.07) is 0. The predicted molar refractivity (Wildman–Crippen MR) is 53.0 cm³/mol. The SMILES string of the molecule is O=C(O)N1CCCn2cc(CCO)nc21. The second-order valence-corrected chi connectivity index (χ2v) is 3.49. The van der Waals surface area contributed by atoms with Crippen LogP contribution < -0.4 is 4.90 Å². The van der Waals surface area contributed by atoms with Crippen LogP contribution in [0.1, 0.15) is 12.1 Å². The fourth-order valence-electron chi connectivity index (χ4n) is 1.75. The summed E-state index contributed by atoms with van der Waals surface area (Å²) in [5.74, 6) is 0.470. The largest absolute Gasteiger partial charge is 0.465 e. The zero-order valence-corrected chi connectivity index (χ0v) is 8.26. The minimum absolute atomic E-state index is 0.0313. The van der Waals surface area contributed by atoms with E-state index in [4.69, 9.17) is 10.2 Å². The first-order chi connectivity index (χ1) is 7.22. The molecule has 1 aromatic rings. The van der Waals surface area contributed by atoms with E-state index in [1.165, 1.54) is 4.90 Å². The molecule has 0 fully saturated rings. The van der Waals surface area contributed by atoms with Crippen molar-refractivity contribution in [3.63, 3.8) is 0 Å². The Bertz CT molecular complexity index is 375. The zero-order valence-electron chi connectivity index (χ0n) is 8.26. The summed E-state index contributed by atoms with van der Waals surface area (Å²) in [4.78, 5) is 16.3. The van der Waals surface area contributed by atoms with Gasteiger partial charge in [-0.1, -0.05) is 0 Å². The van der Waals surface area contributed by atoms with Crippen LogP contribution >= 0.6 is 0 Å². The third kappa shape index (κ3) is 1.80. The molecule has 15 heavy (non-hydrogen) atoms. The molecule has 1 amide bonds. The summed E-state index contributed by atoms with van der Waals surface area (Å²) >= 11 is 0. The molecule has 1 aromatic heterocycles. The number of aromatic nitrogens is 2.